The number of carbonyl (C=O) groups is 1. The Morgan fingerprint density at radius 2 is 2.19 bits per heavy atom. The van der Waals surface area contributed by atoms with Crippen molar-refractivity contribution in [3.05, 3.63) is 0 Å². The number of hydrogen-bond donors (Lipinski definition) is 1. The highest BCUT2D eigenvalue weighted by atomic mass is 16.5. The second kappa shape index (κ2) is 7.56. The van der Waals surface area contributed by atoms with Crippen molar-refractivity contribution in [2.45, 2.75) is 51.1 Å². The van der Waals surface area contributed by atoms with Crippen LogP contribution in [0, 0.1) is 5.92 Å². The molecule has 0 amide bonds. The average Bonchev–Trinajstić information content (AvgIpc) is 3.36. The second-order valence-corrected chi connectivity index (χ2v) is 6.27. The summed E-state index contributed by atoms with van der Waals surface area (Å²) in [7, 11) is 1.50. The zero-order valence-electron chi connectivity index (χ0n) is 13.7. The topological polar surface area (TPSA) is 50.8 Å². The molecule has 2 unspecified atom stereocenters. The van der Waals surface area contributed by atoms with Gasteiger partial charge in [-0.2, -0.15) is 0 Å². The number of carbonyl (C=O) groups excluding carboxylic acids is 1. The van der Waals surface area contributed by atoms with Crippen LogP contribution in [0.5, 0.6) is 0 Å². The lowest BCUT2D eigenvalue weighted by atomic mass is 9.90. The Bertz CT molecular complexity index is 346. The van der Waals surface area contributed by atoms with Crippen LogP contribution in [-0.2, 0) is 14.3 Å². The summed E-state index contributed by atoms with van der Waals surface area (Å²) in [4.78, 5) is 15.0. The number of nitrogens with zero attached hydrogens (tertiary/aromatic N) is 1. The molecule has 0 bridgehead atoms. The Hall–Kier alpha value is -0.650. The fourth-order valence-electron chi connectivity index (χ4n) is 3.33. The van der Waals surface area contributed by atoms with Crippen LogP contribution in [-0.4, -0.2) is 62.4 Å². The number of morpholine rings is 1. The van der Waals surface area contributed by atoms with Crippen LogP contribution in [0.25, 0.3) is 0 Å². The highest BCUT2D eigenvalue weighted by molar-refractivity contribution is 5.82. The van der Waals surface area contributed by atoms with Gasteiger partial charge in [0.05, 0.1) is 20.3 Å². The van der Waals surface area contributed by atoms with Crippen molar-refractivity contribution in [2.75, 3.05) is 40.0 Å². The number of ether oxygens (including phenoxy) is 2. The van der Waals surface area contributed by atoms with E-state index in [2.05, 4.69) is 24.1 Å². The minimum absolute atomic E-state index is 0.0974. The summed E-state index contributed by atoms with van der Waals surface area (Å²) in [6, 6.07) is 0.407. The first-order valence-electron chi connectivity index (χ1n) is 8.33. The Morgan fingerprint density at radius 1 is 1.43 bits per heavy atom. The maximum atomic E-state index is 12.5. The molecule has 2 atom stereocenters. The van der Waals surface area contributed by atoms with Crippen LogP contribution >= 0.6 is 0 Å². The van der Waals surface area contributed by atoms with Gasteiger partial charge < -0.3 is 14.8 Å². The van der Waals surface area contributed by atoms with Crippen molar-refractivity contribution in [1.29, 1.82) is 0 Å². The van der Waals surface area contributed by atoms with Gasteiger partial charge in [-0.1, -0.05) is 13.8 Å². The number of methoxy groups -OCH3 is 1. The molecule has 0 aromatic heterocycles. The van der Waals surface area contributed by atoms with Crippen molar-refractivity contribution in [2.24, 2.45) is 5.92 Å². The van der Waals surface area contributed by atoms with Crippen LogP contribution in [0.3, 0.4) is 0 Å². The third kappa shape index (κ3) is 3.76. The van der Waals surface area contributed by atoms with Crippen LogP contribution < -0.4 is 5.32 Å². The van der Waals surface area contributed by atoms with Crippen LogP contribution in [0.2, 0.25) is 0 Å². The molecule has 0 aromatic carbocycles. The predicted molar refractivity (Wildman–Crippen MR) is 82.2 cm³/mol. The van der Waals surface area contributed by atoms with Gasteiger partial charge in [-0.05, 0) is 38.1 Å². The standard InChI is InChI=1S/C16H30N2O3/c1-4-8-17-16(13-6-7-13,15(19)20-3)12-18-9-10-21-11-14(18)5-2/h13-14,17H,4-12H2,1-3H3. The van der Waals surface area contributed by atoms with E-state index in [9.17, 15) is 4.79 Å². The number of nitrogens with one attached hydrogen (secondary N) is 1. The van der Waals surface area contributed by atoms with Crippen LogP contribution in [0.4, 0.5) is 0 Å². The SMILES string of the molecule is CCCNC(CN1CCOCC1CC)(C(=O)OC)C1CC1. The third-order valence-corrected chi connectivity index (χ3v) is 4.79. The van der Waals surface area contributed by atoms with E-state index in [1.807, 2.05) is 0 Å². The molecule has 0 radical (unpaired) electrons. The highest BCUT2D eigenvalue weighted by Crippen LogP contribution is 2.41. The summed E-state index contributed by atoms with van der Waals surface area (Å²) in [5.41, 5.74) is -0.532. The van der Waals surface area contributed by atoms with Gasteiger partial charge in [-0.25, -0.2) is 4.79 Å². The van der Waals surface area contributed by atoms with Gasteiger partial charge in [-0.15, -0.1) is 0 Å². The van der Waals surface area contributed by atoms with Gasteiger partial charge >= 0.3 is 5.97 Å². The molecule has 1 saturated heterocycles. The van der Waals surface area contributed by atoms with Gasteiger partial charge in [0.2, 0.25) is 0 Å². The van der Waals surface area contributed by atoms with Crippen molar-refractivity contribution >= 4 is 5.97 Å². The zero-order valence-corrected chi connectivity index (χ0v) is 13.7. The molecular weight excluding hydrogens is 268 g/mol. The lowest BCUT2D eigenvalue weighted by Gasteiger charge is -2.42. The molecule has 0 aromatic rings. The fourth-order valence-corrected chi connectivity index (χ4v) is 3.33. The Labute approximate surface area is 128 Å². The van der Waals surface area contributed by atoms with E-state index in [0.717, 1.165) is 58.5 Å². The molecule has 1 N–H and O–H groups in total. The van der Waals surface area contributed by atoms with Gasteiger partial charge in [-0.3, -0.25) is 4.90 Å². The van der Waals surface area contributed by atoms with Crippen molar-refractivity contribution in [3.63, 3.8) is 0 Å². The molecule has 1 saturated carbocycles. The Balaban J connectivity index is 2.15. The lowest BCUT2D eigenvalue weighted by Crippen LogP contribution is -2.64. The molecule has 2 aliphatic rings. The summed E-state index contributed by atoms with van der Waals surface area (Å²) in [5, 5.41) is 3.53. The number of esters is 1. The maximum Gasteiger partial charge on any atom is 0.327 e. The molecule has 1 aliphatic heterocycles. The smallest absolute Gasteiger partial charge is 0.327 e. The van der Waals surface area contributed by atoms with Crippen molar-refractivity contribution < 1.29 is 14.3 Å². The van der Waals surface area contributed by atoms with E-state index in [1.165, 1.54) is 7.11 Å². The van der Waals surface area contributed by atoms with Crippen LogP contribution in [0.1, 0.15) is 39.5 Å². The first-order chi connectivity index (χ1) is 10.2. The number of rotatable bonds is 8. The lowest BCUT2D eigenvalue weighted by molar-refractivity contribution is -0.152. The molecule has 122 valence electrons. The summed E-state index contributed by atoms with van der Waals surface area (Å²) in [6.07, 6.45) is 4.31. The average molecular weight is 298 g/mol. The molecule has 1 heterocycles. The molecule has 5 heteroatoms. The largest absolute Gasteiger partial charge is 0.468 e. The second-order valence-electron chi connectivity index (χ2n) is 6.27. The predicted octanol–water partition coefficient (Wildman–Crippen LogP) is 1.42. The molecular formula is C16H30N2O3. The highest BCUT2D eigenvalue weighted by Gasteiger charge is 2.52. The minimum atomic E-state index is -0.532. The van der Waals surface area contributed by atoms with Crippen molar-refractivity contribution in [3.8, 4) is 0 Å². The van der Waals surface area contributed by atoms with E-state index >= 15 is 0 Å². The zero-order chi connectivity index (χ0) is 15.3. The van der Waals surface area contributed by atoms with E-state index in [4.69, 9.17) is 9.47 Å². The summed E-state index contributed by atoms with van der Waals surface area (Å²) in [6.45, 7) is 8.34. The number of hydrogen-bond acceptors (Lipinski definition) is 5. The van der Waals surface area contributed by atoms with E-state index in [1.54, 1.807) is 0 Å². The molecule has 0 spiro atoms. The molecule has 21 heavy (non-hydrogen) atoms. The van der Waals surface area contributed by atoms with E-state index in [-0.39, 0.29) is 5.97 Å². The molecule has 2 rings (SSSR count). The van der Waals surface area contributed by atoms with Gasteiger partial charge in [0.25, 0.3) is 0 Å². The quantitative estimate of drug-likeness (QED) is 0.687. The fraction of sp³-hybridized carbons (Fsp3) is 0.938. The Kier molecular flexibility index (Phi) is 6.02. The van der Waals surface area contributed by atoms with Crippen LogP contribution in [0.15, 0.2) is 0 Å². The summed E-state index contributed by atoms with van der Waals surface area (Å²) in [5.74, 6) is 0.316. The molecule has 2 fully saturated rings. The van der Waals surface area contributed by atoms with E-state index < -0.39 is 5.54 Å². The summed E-state index contributed by atoms with van der Waals surface area (Å²) >= 11 is 0. The first kappa shape index (κ1) is 16.7. The normalized spacial score (nSPS) is 26.3. The van der Waals surface area contributed by atoms with Crippen molar-refractivity contribution in [1.82, 2.24) is 10.2 Å². The molecule has 1 aliphatic carbocycles. The maximum absolute atomic E-state index is 12.5. The minimum Gasteiger partial charge on any atom is -0.468 e. The first-order valence-corrected chi connectivity index (χ1v) is 8.33. The van der Waals surface area contributed by atoms with Gasteiger partial charge in [0.15, 0.2) is 0 Å². The molecule has 5 nitrogen and oxygen atoms in total. The van der Waals surface area contributed by atoms with Gasteiger partial charge in [0.1, 0.15) is 5.54 Å². The monoisotopic (exact) mass is 298 g/mol. The van der Waals surface area contributed by atoms with Gasteiger partial charge in [0, 0.05) is 19.1 Å². The third-order valence-electron chi connectivity index (χ3n) is 4.79. The van der Waals surface area contributed by atoms with E-state index in [0.29, 0.717) is 12.0 Å². The summed E-state index contributed by atoms with van der Waals surface area (Å²) < 4.78 is 10.7. The Morgan fingerprint density at radius 3 is 2.76 bits per heavy atom.